The predicted octanol–water partition coefficient (Wildman–Crippen LogP) is 3.86. The number of rotatable bonds is 8. The molecule has 0 radical (unpaired) electrons. The Morgan fingerprint density at radius 1 is 0.778 bits per heavy atom. The van der Waals surface area contributed by atoms with E-state index in [0.29, 0.717) is 25.0 Å². The fourth-order valence-electron chi connectivity index (χ4n) is 1.83. The van der Waals surface area contributed by atoms with Crippen LogP contribution in [-0.2, 0) is 19.6 Å². The minimum absolute atomic E-state index is 0.447. The van der Waals surface area contributed by atoms with Crippen molar-refractivity contribution >= 4 is 0 Å². The summed E-state index contributed by atoms with van der Waals surface area (Å²) in [5.41, 5.74) is 0. The second kappa shape index (κ2) is 8.10. The van der Waals surface area contributed by atoms with Gasteiger partial charge < -0.3 is 0 Å². The van der Waals surface area contributed by atoms with Crippen LogP contribution in [0.3, 0.4) is 0 Å². The lowest BCUT2D eigenvalue weighted by atomic mass is 9.94. The van der Waals surface area contributed by atoms with Gasteiger partial charge in [-0.05, 0) is 24.7 Å². The summed E-state index contributed by atoms with van der Waals surface area (Å²) in [4.78, 5) is 21.6. The molecule has 0 heterocycles. The number of hydrogen-bond donors (Lipinski definition) is 0. The van der Waals surface area contributed by atoms with Crippen LogP contribution in [0, 0.1) is 11.8 Å². The summed E-state index contributed by atoms with van der Waals surface area (Å²) in [5.74, 6) is 0.201. The van der Waals surface area contributed by atoms with Gasteiger partial charge in [-0.15, -0.1) is 0 Å². The molecule has 0 aromatic carbocycles. The van der Waals surface area contributed by atoms with E-state index < -0.39 is 5.79 Å². The fraction of sp³-hybridized carbons (Fsp3) is 1.00. The molecule has 0 atom stereocenters. The maximum Gasteiger partial charge on any atom is 0.233 e. The van der Waals surface area contributed by atoms with Gasteiger partial charge in [0.15, 0.2) is 0 Å². The zero-order valence-corrected chi connectivity index (χ0v) is 12.2. The van der Waals surface area contributed by atoms with E-state index in [4.69, 9.17) is 19.6 Å². The van der Waals surface area contributed by atoms with Crippen LogP contribution in [0.1, 0.15) is 59.8 Å². The lowest BCUT2D eigenvalue weighted by Crippen LogP contribution is -2.39. The highest BCUT2D eigenvalue weighted by Gasteiger charge is 2.37. The third-order valence-corrected chi connectivity index (χ3v) is 2.84. The maximum atomic E-state index is 5.52. The van der Waals surface area contributed by atoms with Crippen molar-refractivity contribution < 1.29 is 19.6 Å². The topological polar surface area (TPSA) is 36.9 Å². The maximum absolute atomic E-state index is 5.52. The lowest BCUT2D eigenvalue weighted by molar-refractivity contribution is -0.519. The minimum atomic E-state index is -0.692. The van der Waals surface area contributed by atoms with Crippen molar-refractivity contribution in [2.24, 2.45) is 11.8 Å². The molecule has 1 saturated carbocycles. The molecule has 0 bridgehead atoms. The van der Waals surface area contributed by atoms with Crippen molar-refractivity contribution in [3.8, 4) is 0 Å². The highest BCUT2D eigenvalue weighted by molar-refractivity contribution is 4.72. The average molecular weight is 260 g/mol. The summed E-state index contributed by atoms with van der Waals surface area (Å²) in [6.45, 7) is 9.52. The van der Waals surface area contributed by atoms with Crippen molar-refractivity contribution in [2.75, 3.05) is 13.2 Å². The Morgan fingerprint density at radius 3 is 1.61 bits per heavy atom. The van der Waals surface area contributed by atoms with Gasteiger partial charge in [-0.2, -0.15) is 9.78 Å². The minimum Gasteiger partial charge on any atom is -0.233 e. The van der Waals surface area contributed by atoms with Gasteiger partial charge in [-0.3, -0.25) is 0 Å². The van der Waals surface area contributed by atoms with E-state index in [1.807, 2.05) is 0 Å². The van der Waals surface area contributed by atoms with E-state index in [-0.39, 0.29) is 0 Å². The zero-order valence-electron chi connectivity index (χ0n) is 12.2. The molecular weight excluding hydrogens is 232 g/mol. The van der Waals surface area contributed by atoms with Gasteiger partial charge >= 0.3 is 0 Å². The van der Waals surface area contributed by atoms with E-state index in [1.54, 1.807) is 0 Å². The first-order valence-corrected chi connectivity index (χ1v) is 7.15. The molecular formula is C14H28O4. The molecule has 0 aliphatic heterocycles. The monoisotopic (exact) mass is 260 g/mol. The first-order chi connectivity index (χ1) is 8.54. The molecule has 0 saturated heterocycles. The molecule has 0 amide bonds. The second-order valence-corrected chi connectivity index (χ2v) is 5.99. The molecule has 4 nitrogen and oxygen atoms in total. The van der Waals surface area contributed by atoms with Crippen LogP contribution < -0.4 is 0 Å². The standard InChI is InChI=1S/C14H28O4/c1-12(2)10-15-17-14(8-6-5-7-9-14)18-16-11-13(3)4/h12-13H,5-11H2,1-4H3. The fourth-order valence-corrected chi connectivity index (χ4v) is 1.83. The van der Waals surface area contributed by atoms with Crippen molar-refractivity contribution in [1.29, 1.82) is 0 Å². The third-order valence-electron chi connectivity index (χ3n) is 2.84. The highest BCUT2D eigenvalue weighted by Crippen LogP contribution is 2.33. The summed E-state index contributed by atoms with van der Waals surface area (Å²) in [7, 11) is 0. The van der Waals surface area contributed by atoms with Crippen molar-refractivity contribution in [3.63, 3.8) is 0 Å². The van der Waals surface area contributed by atoms with Gasteiger partial charge in [0.25, 0.3) is 0 Å². The molecule has 0 unspecified atom stereocenters. The lowest BCUT2D eigenvalue weighted by Gasteiger charge is -2.34. The molecule has 0 N–H and O–H groups in total. The summed E-state index contributed by atoms with van der Waals surface area (Å²) in [6, 6.07) is 0. The van der Waals surface area contributed by atoms with E-state index in [9.17, 15) is 0 Å². The first-order valence-electron chi connectivity index (χ1n) is 7.15. The summed E-state index contributed by atoms with van der Waals surface area (Å²) < 4.78 is 0. The quantitative estimate of drug-likeness (QED) is 0.377. The average Bonchev–Trinajstić information content (AvgIpc) is 2.29. The van der Waals surface area contributed by atoms with Crippen molar-refractivity contribution in [1.82, 2.24) is 0 Å². The first kappa shape index (κ1) is 15.9. The molecule has 1 fully saturated rings. The molecule has 4 heteroatoms. The predicted molar refractivity (Wildman–Crippen MR) is 69.6 cm³/mol. The molecule has 0 aromatic rings. The van der Waals surface area contributed by atoms with Gasteiger partial charge in [-0.25, -0.2) is 9.78 Å². The Kier molecular flexibility index (Phi) is 7.15. The summed E-state index contributed by atoms with van der Waals surface area (Å²) >= 11 is 0. The molecule has 0 aromatic heterocycles. The van der Waals surface area contributed by atoms with Crippen LogP contribution in [0.2, 0.25) is 0 Å². The molecule has 1 rings (SSSR count). The number of hydrogen-bond acceptors (Lipinski definition) is 4. The van der Waals surface area contributed by atoms with Crippen LogP contribution in [0.25, 0.3) is 0 Å². The second-order valence-electron chi connectivity index (χ2n) is 5.99. The van der Waals surface area contributed by atoms with Crippen LogP contribution in [0.15, 0.2) is 0 Å². The van der Waals surface area contributed by atoms with Gasteiger partial charge in [0.1, 0.15) is 0 Å². The third kappa shape index (κ3) is 6.14. The summed E-state index contributed by atoms with van der Waals surface area (Å²) in [6.07, 6.45) is 5.08. The SMILES string of the molecule is CC(C)COOC1(OOCC(C)C)CCCCC1. The van der Waals surface area contributed by atoms with Crippen LogP contribution in [-0.4, -0.2) is 19.0 Å². The Bertz CT molecular complexity index is 194. The smallest absolute Gasteiger partial charge is 0.233 e. The molecule has 1 aliphatic rings. The van der Waals surface area contributed by atoms with E-state index in [2.05, 4.69) is 27.7 Å². The molecule has 18 heavy (non-hydrogen) atoms. The van der Waals surface area contributed by atoms with Gasteiger partial charge in [-0.1, -0.05) is 34.1 Å². The Labute approximate surface area is 111 Å². The highest BCUT2D eigenvalue weighted by atomic mass is 17.3. The van der Waals surface area contributed by atoms with Crippen LogP contribution in [0.4, 0.5) is 0 Å². The van der Waals surface area contributed by atoms with Gasteiger partial charge in [0, 0.05) is 12.8 Å². The Morgan fingerprint density at radius 2 is 1.22 bits per heavy atom. The Balaban J connectivity index is 2.36. The molecule has 108 valence electrons. The van der Waals surface area contributed by atoms with Gasteiger partial charge in [0.2, 0.25) is 5.79 Å². The zero-order chi connectivity index (χ0) is 13.4. The Hall–Kier alpha value is -0.160. The van der Waals surface area contributed by atoms with Gasteiger partial charge in [0.05, 0.1) is 13.2 Å². The summed E-state index contributed by atoms with van der Waals surface area (Å²) in [5, 5.41) is 0. The van der Waals surface area contributed by atoms with Crippen LogP contribution >= 0.6 is 0 Å². The van der Waals surface area contributed by atoms with E-state index in [0.717, 1.165) is 25.7 Å². The van der Waals surface area contributed by atoms with E-state index in [1.165, 1.54) is 6.42 Å². The molecule has 0 spiro atoms. The van der Waals surface area contributed by atoms with Crippen molar-refractivity contribution in [3.05, 3.63) is 0 Å². The van der Waals surface area contributed by atoms with Crippen molar-refractivity contribution in [2.45, 2.75) is 65.6 Å². The normalized spacial score (nSPS) is 19.7. The largest absolute Gasteiger partial charge is 0.233 e. The van der Waals surface area contributed by atoms with Crippen LogP contribution in [0.5, 0.6) is 0 Å². The molecule has 1 aliphatic carbocycles. The van der Waals surface area contributed by atoms with E-state index >= 15 is 0 Å².